The van der Waals surface area contributed by atoms with Gasteiger partial charge in [-0.3, -0.25) is 9.67 Å². The van der Waals surface area contributed by atoms with Crippen LogP contribution in [-0.2, 0) is 7.05 Å². The molecule has 0 saturated carbocycles. The number of hydrogen-bond donors (Lipinski definition) is 2. The summed E-state index contributed by atoms with van der Waals surface area (Å²) in [6.07, 6.45) is 1.17. The van der Waals surface area contributed by atoms with Crippen molar-refractivity contribution in [1.29, 1.82) is 0 Å². The predicted octanol–water partition coefficient (Wildman–Crippen LogP) is 0.554. The summed E-state index contributed by atoms with van der Waals surface area (Å²) in [6.45, 7) is 1.46. The molecule has 3 heterocycles. The van der Waals surface area contributed by atoms with Gasteiger partial charge in [0.05, 0.1) is 17.6 Å². The average Bonchev–Trinajstić information content (AvgIpc) is 2.65. The van der Waals surface area contributed by atoms with Crippen molar-refractivity contribution < 1.29 is 9.13 Å². The lowest BCUT2D eigenvalue weighted by Crippen LogP contribution is -2.50. The third-order valence-electron chi connectivity index (χ3n) is 3.02. The van der Waals surface area contributed by atoms with Crippen molar-refractivity contribution in [2.75, 3.05) is 18.8 Å². The largest absolute Gasteiger partial charge is 0.485 e. The SMILES string of the molecule is Cn1nc(N)cc1-c1cc(OC2CNC2)c(F)cn1. The zero-order valence-electron chi connectivity index (χ0n) is 10.4. The number of nitrogen functional groups attached to an aromatic ring is 1. The number of nitrogens with two attached hydrogens (primary N) is 1. The Kier molecular flexibility index (Phi) is 2.83. The number of aromatic nitrogens is 3. The van der Waals surface area contributed by atoms with E-state index in [0.717, 1.165) is 19.3 Å². The number of rotatable bonds is 3. The molecule has 3 rings (SSSR count). The number of hydrogen-bond acceptors (Lipinski definition) is 5. The van der Waals surface area contributed by atoms with Gasteiger partial charge < -0.3 is 15.8 Å². The summed E-state index contributed by atoms with van der Waals surface area (Å²) in [5.74, 6) is 0.136. The lowest BCUT2D eigenvalue weighted by Gasteiger charge is -2.27. The molecular formula is C12H14FN5O. The Morgan fingerprint density at radius 2 is 2.26 bits per heavy atom. The van der Waals surface area contributed by atoms with Gasteiger partial charge in [-0.25, -0.2) is 4.39 Å². The number of halogens is 1. The van der Waals surface area contributed by atoms with Gasteiger partial charge >= 0.3 is 0 Å². The highest BCUT2D eigenvalue weighted by Gasteiger charge is 2.21. The van der Waals surface area contributed by atoms with Crippen molar-refractivity contribution in [2.45, 2.75) is 6.10 Å². The quantitative estimate of drug-likeness (QED) is 0.845. The van der Waals surface area contributed by atoms with Crippen LogP contribution in [-0.4, -0.2) is 34.0 Å². The highest BCUT2D eigenvalue weighted by Crippen LogP contribution is 2.26. The third kappa shape index (κ3) is 2.24. The smallest absolute Gasteiger partial charge is 0.183 e. The van der Waals surface area contributed by atoms with E-state index in [1.165, 1.54) is 0 Å². The molecule has 2 aromatic rings. The van der Waals surface area contributed by atoms with Crippen LogP contribution in [0.3, 0.4) is 0 Å². The summed E-state index contributed by atoms with van der Waals surface area (Å²) in [7, 11) is 1.76. The Balaban J connectivity index is 1.93. The second-order valence-electron chi connectivity index (χ2n) is 4.48. The monoisotopic (exact) mass is 263 g/mol. The minimum atomic E-state index is -0.467. The first-order valence-corrected chi connectivity index (χ1v) is 5.96. The van der Waals surface area contributed by atoms with Crippen molar-refractivity contribution in [3.63, 3.8) is 0 Å². The summed E-state index contributed by atoms with van der Waals surface area (Å²) >= 11 is 0. The van der Waals surface area contributed by atoms with Crippen LogP contribution in [0.4, 0.5) is 10.2 Å². The normalized spacial score (nSPS) is 15.3. The number of ether oxygens (including phenoxy) is 1. The number of aryl methyl sites for hydroxylation is 1. The van der Waals surface area contributed by atoms with Crippen LogP contribution < -0.4 is 15.8 Å². The Morgan fingerprint density at radius 3 is 2.84 bits per heavy atom. The van der Waals surface area contributed by atoms with E-state index in [1.54, 1.807) is 23.9 Å². The third-order valence-corrected chi connectivity index (χ3v) is 3.02. The van der Waals surface area contributed by atoms with Crippen LogP contribution >= 0.6 is 0 Å². The maximum absolute atomic E-state index is 13.7. The Hall–Kier alpha value is -2.15. The summed E-state index contributed by atoms with van der Waals surface area (Å²) in [6, 6.07) is 3.26. The van der Waals surface area contributed by atoms with Gasteiger partial charge in [0.2, 0.25) is 0 Å². The van der Waals surface area contributed by atoms with Gasteiger partial charge in [-0.15, -0.1) is 0 Å². The molecule has 1 saturated heterocycles. The van der Waals surface area contributed by atoms with Gasteiger partial charge in [0.1, 0.15) is 11.9 Å². The molecule has 2 aromatic heterocycles. The van der Waals surface area contributed by atoms with Crippen LogP contribution in [0.2, 0.25) is 0 Å². The summed E-state index contributed by atoms with van der Waals surface area (Å²) < 4.78 is 20.8. The van der Waals surface area contributed by atoms with Crippen molar-refractivity contribution in [1.82, 2.24) is 20.1 Å². The average molecular weight is 263 g/mol. The van der Waals surface area contributed by atoms with Crippen molar-refractivity contribution in [3.8, 4) is 17.1 Å². The molecule has 0 unspecified atom stereocenters. The number of pyridine rings is 1. The van der Waals surface area contributed by atoms with E-state index in [2.05, 4.69) is 15.4 Å². The van der Waals surface area contributed by atoms with Crippen molar-refractivity contribution in [2.24, 2.45) is 7.05 Å². The fourth-order valence-electron chi connectivity index (χ4n) is 1.90. The lowest BCUT2D eigenvalue weighted by atomic mass is 10.2. The second kappa shape index (κ2) is 4.51. The first-order valence-electron chi connectivity index (χ1n) is 5.96. The molecule has 100 valence electrons. The second-order valence-corrected chi connectivity index (χ2v) is 4.48. The zero-order chi connectivity index (χ0) is 13.4. The fourth-order valence-corrected chi connectivity index (χ4v) is 1.90. The molecule has 19 heavy (non-hydrogen) atoms. The van der Waals surface area contributed by atoms with Crippen molar-refractivity contribution in [3.05, 3.63) is 24.1 Å². The summed E-state index contributed by atoms with van der Waals surface area (Å²) in [4.78, 5) is 4.05. The maximum Gasteiger partial charge on any atom is 0.183 e. The van der Waals surface area contributed by atoms with Crippen LogP contribution in [0.15, 0.2) is 18.3 Å². The number of nitrogens with zero attached hydrogens (tertiary/aromatic N) is 3. The van der Waals surface area contributed by atoms with Crippen LogP contribution in [0, 0.1) is 5.82 Å². The highest BCUT2D eigenvalue weighted by atomic mass is 19.1. The fraction of sp³-hybridized carbons (Fsp3) is 0.333. The molecule has 0 aliphatic carbocycles. The van der Waals surface area contributed by atoms with E-state index in [1.807, 2.05) is 0 Å². The predicted molar refractivity (Wildman–Crippen MR) is 68.1 cm³/mol. The molecular weight excluding hydrogens is 249 g/mol. The molecule has 0 amide bonds. The zero-order valence-corrected chi connectivity index (χ0v) is 10.4. The summed E-state index contributed by atoms with van der Waals surface area (Å²) in [5, 5.41) is 7.10. The first-order chi connectivity index (χ1) is 9.13. The molecule has 0 spiro atoms. The molecule has 0 aromatic carbocycles. The Labute approximate surface area is 109 Å². The van der Waals surface area contributed by atoms with Gasteiger partial charge in [0.15, 0.2) is 11.6 Å². The molecule has 1 fully saturated rings. The topological polar surface area (TPSA) is 78.0 Å². The standard InChI is InChI=1S/C12H14FN5O/c1-18-10(3-12(14)17-18)9-2-11(8(13)6-16-9)19-7-4-15-5-7/h2-3,6-7,15H,4-5H2,1H3,(H2,14,17). The molecule has 7 heteroatoms. The van der Waals surface area contributed by atoms with Crippen LogP contribution in [0.1, 0.15) is 0 Å². The molecule has 0 atom stereocenters. The van der Waals surface area contributed by atoms with Gasteiger partial charge in [-0.05, 0) is 0 Å². The van der Waals surface area contributed by atoms with Gasteiger partial charge in [0, 0.05) is 32.3 Å². The van der Waals surface area contributed by atoms with E-state index in [4.69, 9.17) is 10.5 Å². The molecule has 1 aliphatic rings. The van der Waals surface area contributed by atoms with Gasteiger partial charge in [-0.2, -0.15) is 5.10 Å². The number of anilines is 1. The molecule has 0 radical (unpaired) electrons. The van der Waals surface area contributed by atoms with Crippen LogP contribution in [0.5, 0.6) is 5.75 Å². The van der Waals surface area contributed by atoms with E-state index in [0.29, 0.717) is 17.2 Å². The lowest BCUT2D eigenvalue weighted by molar-refractivity contribution is 0.136. The van der Waals surface area contributed by atoms with Crippen molar-refractivity contribution >= 4 is 5.82 Å². The van der Waals surface area contributed by atoms with E-state index >= 15 is 0 Å². The highest BCUT2D eigenvalue weighted by molar-refractivity contribution is 5.60. The van der Waals surface area contributed by atoms with E-state index in [9.17, 15) is 4.39 Å². The van der Waals surface area contributed by atoms with Gasteiger partial charge in [-0.1, -0.05) is 0 Å². The van der Waals surface area contributed by atoms with E-state index in [-0.39, 0.29) is 11.9 Å². The van der Waals surface area contributed by atoms with E-state index < -0.39 is 5.82 Å². The molecule has 6 nitrogen and oxygen atoms in total. The Bertz CT molecular complexity index is 608. The van der Waals surface area contributed by atoms with Crippen LogP contribution in [0.25, 0.3) is 11.4 Å². The maximum atomic E-state index is 13.7. The molecule has 1 aliphatic heterocycles. The summed E-state index contributed by atoms with van der Waals surface area (Å²) in [5.41, 5.74) is 6.92. The first kappa shape index (κ1) is 11.9. The Morgan fingerprint density at radius 1 is 1.47 bits per heavy atom. The number of nitrogens with one attached hydrogen (secondary N) is 1. The minimum Gasteiger partial charge on any atom is -0.485 e. The van der Waals surface area contributed by atoms with Gasteiger partial charge in [0.25, 0.3) is 0 Å². The molecule has 0 bridgehead atoms. The molecule has 3 N–H and O–H groups in total. The minimum absolute atomic E-state index is 0.0151.